The van der Waals surface area contributed by atoms with Crippen molar-refractivity contribution in [3.8, 4) is 0 Å². The maximum Gasteiger partial charge on any atom is 0.242 e. The van der Waals surface area contributed by atoms with Crippen LogP contribution in [0.3, 0.4) is 0 Å². The second-order valence-electron chi connectivity index (χ2n) is 6.57. The molecule has 0 heterocycles. The average Bonchev–Trinajstić information content (AvgIpc) is 2.69. The van der Waals surface area contributed by atoms with Crippen molar-refractivity contribution >= 4 is 23.6 Å². The lowest BCUT2D eigenvalue weighted by atomic mass is 10.1. The van der Waals surface area contributed by atoms with E-state index >= 15 is 0 Å². The van der Waals surface area contributed by atoms with Gasteiger partial charge in [0.15, 0.2) is 0 Å². The van der Waals surface area contributed by atoms with Crippen molar-refractivity contribution in [3.63, 3.8) is 0 Å². The third-order valence-electron chi connectivity index (χ3n) is 4.39. The predicted octanol–water partition coefficient (Wildman–Crippen LogP) is 4.17. The Hall–Kier alpha value is -2.34. The molecule has 0 fully saturated rings. The van der Waals surface area contributed by atoms with Crippen molar-refractivity contribution in [2.24, 2.45) is 0 Å². The van der Waals surface area contributed by atoms with E-state index in [4.69, 9.17) is 0 Å². The summed E-state index contributed by atoms with van der Waals surface area (Å²) in [5.74, 6) is -0.374. The molecule has 0 saturated carbocycles. The van der Waals surface area contributed by atoms with Gasteiger partial charge < -0.3 is 10.2 Å². The number of thioether (sulfide) groups is 1. The number of nitrogens with zero attached hydrogens (tertiary/aromatic N) is 1. The number of aryl methyl sites for hydroxylation is 1. The smallest absolute Gasteiger partial charge is 0.242 e. The average molecular weight is 403 g/mol. The molecule has 0 saturated heterocycles. The summed E-state index contributed by atoms with van der Waals surface area (Å²) in [6.45, 7) is 6.53. The van der Waals surface area contributed by atoms with E-state index in [-0.39, 0.29) is 29.9 Å². The first-order valence-corrected chi connectivity index (χ1v) is 10.4. The number of benzene rings is 2. The zero-order valence-corrected chi connectivity index (χ0v) is 17.4. The van der Waals surface area contributed by atoms with Gasteiger partial charge in [-0.2, -0.15) is 0 Å². The Balaban J connectivity index is 2.16. The molecule has 28 heavy (non-hydrogen) atoms. The summed E-state index contributed by atoms with van der Waals surface area (Å²) in [7, 11) is 0. The molecule has 6 heteroatoms. The second kappa shape index (κ2) is 10.9. The molecular formula is C22H27FN2O2S. The number of amides is 2. The van der Waals surface area contributed by atoms with Crippen LogP contribution in [0.4, 0.5) is 4.39 Å². The molecular weight excluding hydrogens is 375 g/mol. The van der Waals surface area contributed by atoms with Gasteiger partial charge in [0.05, 0.1) is 5.75 Å². The molecule has 1 atom stereocenters. The van der Waals surface area contributed by atoms with Crippen LogP contribution in [0.5, 0.6) is 0 Å². The normalized spacial score (nSPS) is 11.7. The van der Waals surface area contributed by atoms with E-state index in [0.29, 0.717) is 13.0 Å². The first-order chi connectivity index (χ1) is 13.4. The van der Waals surface area contributed by atoms with E-state index in [2.05, 4.69) is 5.32 Å². The zero-order chi connectivity index (χ0) is 20.5. The highest BCUT2D eigenvalue weighted by molar-refractivity contribution is 8.00. The number of hydrogen-bond acceptors (Lipinski definition) is 3. The monoisotopic (exact) mass is 402 g/mol. The number of carbonyl (C=O) groups is 2. The summed E-state index contributed by atoms with van der Waals surface area (Å²) in [6.07, 6.45) is 0.508. The Kier molecular flexibility index (Phi) is 8.51. The largest absolute Gasteiger partial charge is 0.355 e. The Labute approximate surface area is 170 Å². The third-order valence-corrected chi connectivity index (χ3v) is 5.38. The fraction of sp³-hybridized carbons (Fsp3) is 0.364. The second-order valence-corrected chi connectivity index (χ2v) is 7.62. The van der Waals surface area contributed by atoms with E-state index in [0.717, 1.165) is 16.0 Å². The summed E-state index contributed by atoms with van der Waals surface area (Å²) >= 11 is 1.45. The van der Waals surface area contributed by atoms with Gasteiger partial charge in [-0.25, -0.2) is 4.39 Å². The SMILES string of the molecule is CCNC(=O)C(CC)N(Cc1ccc(F)cc1)C(=O)CSc1ccc(C)cc1. The molecule has 0 bridgehead atoms. The van der Waals surface area contributed by atoms with Crippen molar-refractivity contribution < 1.29 is 14.0 Å². The van der Waals surface area contributed by atoms with Crippen molar-refractivity contribution in [2.75, 3.05) is 12.3 Å². The van der Waals surface area contributed by atoms with E-state index < -0.39 is 6.04 Å². The van der Waals surface area contributed by atoms with Crippen LogP contribution in [0.25, 0.3) is 0 Å². The highest BCUT2D eigenvalue weighted by Gasteiger charge is 2.28. The summed E-state index contributed by atoms with van der Waals surface area (Å²) in [4.78, 5) is 28.1. The van der Waals surface area contributed by atoms with Crippen LogP contribution in [0.15, 0.2) is 53.4 Å². The molecule has 0 radical (unpaired) electrons. The molecule has 2 aromatic rings. The van der Waals surface area contributed by atoms with Gasteiger partial charge in [0.1, 0.15) is 11.9 Å². The highest BCUT2D eigenvalue weighted by atomic mass is 32.2. The highest BCUT2D eigenvalue weighted by Crippen LogP contribution is 2.21. The van der Waals surface area contributed by atoms with Crippen molar-refractivity contribution in [2.45, 2.75) is 44.7 Å². The van der Waals surface area contributed by atoms with Gasteiger partial charge in [-0.3, -0.25) is 9.59 Å². The molecule has 0 aliphatic heterocycles. The molecule has 2 rings (SSSR count). The summed E-state index contributed by atoms with van der Waals surface area (Å²) < 4.78 is 13.2. The summed E-state index contributed by atoms with van der Waals surface area (Å²) in [6, 6.07) is 13.4. The van der Waals surface area contributed by atoms with E-state index in [9.17, 15) is 14.0 Å². The lowest BCUT2D eigenvalue weighted by Gasteiger charge is -2.30. The van der Waals surface area contributed by atoms with Gasteiger partial charge in [-0.15, -0.1) is 11.8 Å². The summed E-state index contributed by atoms with van der Waals surface area (Å²) in [5.41, 5.74) is 1.95. The number of carbonyl (C=O) groups excluding carboxylic acids is 2. The fourth-order valence-corrected chi connectivity index (χ4v) is 3.65. The maximum atomic E-state index is 13.2. The standard InChI is InChI=1S/C22H27FN2O2S/c1-4-20(22(27)24-5-2)25(14-17-8-10-18(23)11-9-17)21(26)15-28-19-12-6-16(3)7-13-19/h6-13,20H,4-5,14-15H2,1-3H3,(H,24,27). The minimum atomic E-state index is -0.559. The molecule has 0 aliphatic rings. The molecule has 0 spiro atoms. The minimum Gasteiger partial charge on any atom is -0.355 e. The fourth-order valence-electron chi connectivity index (χ4n) is 2.86. The number of rotatable bonds is 9. The van der Waals surface area contributed by atoms with Crippen molar-refractivity contribution in [1.82, 2.24) is 10.2 Å². The first-order valence-electron chi connectivity index (χ1n) is 9.45. The van der Waals surface area contributed by atoms with Gasteiger partial charge >= 0.3 is 0 Å². The van der Waals surface area contributed by atoms with Gasteiger partial charge in [0, 0.05) is 18.0 Å². The van der Waals surface area contributed by atoms with Crippen LogP contribution in [0, 0.1) is 12.7 Å². The zero-order valence-electron chi connectivity index (χ0n) is 16.6. The molecule has 2 aromatic carbocycles. The number of nitrogens with one attached hydrogen (secondary N) is 1. The topological polar surface area (TPSA) is 49.4 Å². The van der Waals surface area contributed by atoms with Gasteiger partial charge in [-0.05, 0) is 50.1 Å². The Morgan fingerprint density at radius 2 is 1.71 bits per heavy atom. The van der Waals surface area contributed by atoms with Crippen LogP contribution in [0.2, 0.25) is 0 Å². The van der Waals surface area contributed by atoms with Crippen molar-refractivity contribution in [1.29, 1.82) is 0 Å². The predicted molar refractivity (Wildman–Crippen MR) is 112 cm³/mol. The molecule has 1 unspecified atom stereocenters. The van der Waals surface area contributed by atoms with Crippen LogP contribution in [-0.2, 0) is 16.1 Å². The number of hydrogen-bond donors (Lipinski definition) is 1. The first kappa shape index (κ1) is 22.0. The van der Waals surface area contributed by atoms with Crippen LogP contribution >= 0.6 is 11.8 Å². The quantitative estimate of drug-likeness (QED) is 0.641. The number of likely N-dealkylation sites (N-methyl/N-ethyl adjacent to an activating group) is 1. The molecule has 1 N–H and O–H groups in total. The lowest BCUT2D eigenvalue weighted by molar-refractivity contribution is -0.139. The Morgan fingerprint density at radius 3 is 2.29 bits per heavy atom. The lowest BCUT2D eigenvalue weighted by Crippen LogP contribution is -2.49. The van der Waals surface area contributed by atoms with Crippen LogP contribution < -0.4 is 5.32 Å². The number of halogens is 1. The molecule has 0 aromatic heterocycles. The van der Waals surface area contributed by atoms with Gasteiger partial charge in [0.25, 0.3) is 0 Å². The van der Waals surface area contributed by atoms with Gasteiger partial charge in [-0.1, -0.05) is 36.8 Å². The Morgan fingerprint density at radius 1 is 1.07 bits per heavy atom. The van der Waals surface area contributed by atoms with E-state index in [1.807, 2.05) is 45.0 Å². The Bertz CT molecular complexity index is 778. The molecule has 150 valence electrons. The maximum absolute atomic E-state index is 13.2. The molecule has 0 aliphatic carbocycles. The van der Waals surface area contributed by atoms with E-state index in [1.165, 1.54) is 23.9 Å². The van der Waals surface area contributed by atoms with Crippen LogP contribution in [-0.4, -0.2) is 35.1 Å². The van der Waals surface area contributed by atoms with E-state index in [1.54, 1.807) is 17.0 Å². The summed E-state index contributed by atoms with van der Waals surface area (Å²) in [5, 5.41) is 2.81. The molecule has 2 amide bonds. The van der Waals surface area contributed by atoms with Crippen LogP contribution in [0.1, 0.15) is 31.4 Å². The molecule has 4 nitrogen and oxygen atoms in total. The van der Waals surface area contributed by atoms with Crippen molar-refractivity contribution in [3.05, 3.63) is 65.5 Å². The third kappa shape index (κ3) is 6.37. The van der Waals surface area contributed by atoms with Gasteiger partial charge in [0.2, 0.25) is 11.8 Å². The minimum absolute atomic E-state index is 0.118.